The van der Waals surface area contributed by atoms with E-state index < -0.39 is 12.5 Å². The standard InChI is InChI=1S/C19H18F2N2O4/c1-10(2)18-23-13-9-12(5-7-14(13)26-18)22-17(24)11-4-6-15(25-3)16(8-11)27-19(20)21/h4-10,19H,1-3H3,(H,22,24). The number of hydrogen-bond acceptors (Lipinski definition) is 5. The smallest absolute Gasteiger partial charge is 0.387 e. The van der Waals surface area contributed by atoms with Gasteiger partial charge < -0.3 is 19.2 Å². The van der Waals surface area contributed by atoms with E-state index in [1.54, 1.807) is 18.2 Å². The maximum absolute atomic E-state index is 12.5. The second kappa shape index (κ2) is 7.61. The number of benzene rings is 2. The fourth-order valence-corrected chi connectivity index (χ4v) is 2.48. The molecule has 0 fully saturated rings. The van der Waals surface area contributed by atoms with Crippen molar-refractivity contribution < 1.29 is 27.5 Å². The molecule has 0 spiro atoms. The molecule has 0 unspecified atom stereocenters. The molecule has 3 aromatic rings. The van der Waals surface area contributed by atoms with Crippen molar-refractivity contribution in [1.82, 2.24) is 4.98 Å². The van der Waals surface area contributed by atoms with Crippen molar-refractivity contribution in [3.05, 3.63) is 47.9 Å². The number of rotatable bonds is 6. The molecule has 1 heterocycles. The summed E-state index contributed by atoms with van der Waals surface area (Å²) in [5, 5.41) is 2.70. The van der Waals surface area contributed by atoms with E-state index in [0.717, 1.165) is 0 Å². The molecule has 2 aromatic carbocycles. The molecular formula is C19H18F2N2O4. The van der Waals surface area contributed by atoms with Gasteiger partial charge in [0, 0.05) is 17.2 Å². The Bertz CT molecular complexity index is 969. The van der Waals surface area contributed by atoms with Crippen LogP contribution in [0.5, 0.6) is 11.5 Å². The molecule has 6 nitrogen and oxygen atoms in total. The molecule has 27 heavy (non-hydrogen) atoms. The van der Waals surface area contributed by atoms with Crippen LogP contribution in [0, 0.1) is 0 Å². The van der Waals surface area contributed by atoms with Crippen LogP contribution in [0.3, 0.4) is 0 Å². The molecule has 8 heteroatoms. The summed E-state index contributed by atoms with van der Waals surface area (Å²) in [6.45, 7) is 0.911. The lowest BCUT2D eigenvalue weighted by molar-refractivity contribution is -0.0512. The average Bonchev–Trinajstić information content (AvgIpc) is 3.05. The van der Waals surface area contributed by atoms with Gasteiger partial charge in [-0.05, 0) is 36.4 Å². The van der Waals surface area contributed by atoms with Gasteiger partial charge in [-0.2, -0.15) is 8.78 Å². The van der Waals surface area contributed by atoms with E-state index >= 15 is 0 Å². The summed E-state index contributed by atoms with van der Waals surface area (Å²) >= 11 is 0. The van der Waals surface area contributed by atoms with Crippen LogP contribution in [0.1, 0.15) is 36.0 Å². The lowest BCUT2D eigenvalue weighted by Crippen LogP contribution is -2.12. The van der Waals surface area contributed by atoms with Gasteiger partial charge in [-0.1, -0.05) is 13.8 Å². The fourth-order valence-electron chi connectivity index (χ4n) is 2.48. The van der Waals surface area contributed by atoms with Crippen LogP contribution in [0.15, 0.2) is 40.8 Å². The molecule has 1 N–H and O–H groups in total. The quantitative estimate of drug-likeness (QED) is 0.668. The molecule has 0 aliphatic heterocycles. The van der Waals surface area contributed by atoms with Crippen LogP contribution < -0.4 is 14.8 Å². The molecular weight excluding hydrogens is 358 g/mol. The average molecular weight is 376 g/mol. The topological polar surface area (TPSA) is 73.6 Å². The minimum absolute atomic E-state index is 0.108. The van der Waals surface area contributed by atoms with Crippen LogP contribution in [0.25, 0.3) is 11.1 Å². The summed E-state index contributed by atoms with van der Waals surface area (Å²) in [5.41, 5.74) is 1.89. The minimum atomic E-state index is -3.03. The number of oxazole rings is 1. The first kappa shape index (κ1) is 18.6. The number of halogens is 2. The van der Waals surface area contributed by atoms with E-state index in [1.165, 1.54) is 25.3 Å². The molecule has 0 bridgehead atoms. The third-order valence-corrected chi connectivity index (χ3v) is 3.80. The van der Waals surface area contributed by atoms with Gasteiger partial charge in [0.2, 0.25) is 0 Å². The normalized spacial score (nSPS) is 11.2. The van der Waals surface area contributed by atoms with E-state index in [1.807, 2.05) is 13.8 Å². The number of amides is 1. The number of nitrogens with zero attached hydrogens (tertiary/aromatic N) is 1. The number of methoxy groups -OCH3 is 1. The predicted molar refractivity (Wildman–Crippen MR) is 95.7 cm³/mol. The first-order chi connectivity index (χ1) is 12.9. The number of nitrogens with one attached hydrogen (secondary N) is 1. The molecule has 0 saturated heterocycles. The van der Waals surface area contributed by atoms with E-state index in [4.69, 9.17) is 9.15 Å². The first-order valence-corrected chi connectivity index (χ1v) is 8.22. The SMILES string of the molecule is COc1ccc(C(=O)Nc2ccc3oc(C(C)C)nc3c2)cc1OC(F)F. The molecule has 3 rings (SSSR count). The number of carbonyl (C=O) groups excluding carboxylic acids is 1. The Labute approximate surface area is 154 Å². The van der Waals surface area contributed by atoms with Crippen molar-refractivity contribution in [2.45, 2.75) is 26.4 Å². The third-order valence-electron chi connectivity index (χ3n) is 3.80. The second-order valence-corrected chi connectivity index (χ2v) is 6.09. The second-order valence-electron chi connectivity index (χ2n) is 6.09. The predicted octanol–water partition coefficient (Wildman–Crippen LogP) is 4.81. The monoisotopic (exact) mass is 376 g/mol. The summed E-state index contributed by atoms with van der Waals surface area (Å²) in [7, 11) is 1.33. The molecule has 0 atom stereocenters. The summed E-state index contributed by atoms with van der Waals surface area (Å²) in [5.74, 6) is 0.162. The maximum Gasteiger partial charge on any atom is 0.387 e. The summed E-state index contributed by atoms with van der Waals surface area (Å²) < 4.78 is 40.0. The number of fused-ring (bicyclic) bond motifs is 1. The van der Waals surface area contributed by atoms with Crippen molar-refractivity contribution in [3.8, 4) is 11.5 Å². The zero-order valence-electron chi connectivity index (χ0n) is 15.0. The van der Waals surface area contributed by atoms with E-state index in [0.29, 0.717) is 22.7 Å². The van der Waals surface area contributed by atoms with E-state index in [2.05, 4.69) is 15.0 Å². The van der Waals surface area contributed by atoms with Crippen molar-refractivity contribution in [2.75, 3.05) is 12.4 Å². The Kier molecular flexibility index (Phi) is 5.25. The Morgan fingerprint density at radius 1 is 1.15 bits per heavy atom. The summed E-state index contributed by atoms with van der Waals surface area (Å²) in [4.78, 5) is 16.8. The van der Waals surface area contributed by atoms with Crippen molar-refractivity contribution in [3.63, 3.8) is 0 Å². The number of alkyl halides is 2. The van der Waals surface area contributed by atoms with Gasteiger partial charge in [0.05, 0.1) is 7.11 Å². The van der Waals surface area contributed by atoms with E-state index in [9.17, 15) is 13.6 Å². The minimum Gasteiger partial charge on any atom is -0.493 e. The molecule has 0 saturated carbocycles. The Balaban J connectivity index is 1.83. The van der Waals surface area contributed by atoms with Crippen LogP contribution in [0.4, 0.5) is 14.5 Å². The molecule has 0 aliphatic rings. The lowest BCUT2D eigenvalue weighted by atomic mass is 10.1. The largest absolute Gasteiger partial charge is 0.493 e. The van der Waals surface area contributed by atoms with Gasteiger partial charge in [0.15, 0.2) is 23.0 Å². The Hall–Kier alpha value is -3.16. The van der Waals surface area contributed by atoms with Crippen molar-refractivity contribution in [1.29, 1.82) is 0 Å². The zero-order chi connectivity index (χ0) is 19.6. The summed E-state index contributed by atoms with van der Waals surface area (Å²) in [6, 6.07) is 9.12. The van der Waals surface area contributed by atoms with Gasteiger partial charge in [-0.25, -0.2) is 4.98 Å². The highest BCUT2D eigenvalue weighted by Crippen LogP contribution is 2.30. The van der Waals surface area contributed by atoms with Gasteiger partial charge in [-0.15, -0.1) is 0 Å². The van der Waals surface area contributed by atoms with Gasteiger partial charge in [0.25, 0.3) is 5.91 Å². The van der Waals surface area contributed by atoms with Crippen LogP contribution in [-0.2, 0) is 0 Å². The van der Waals surface area contributed by atoms with Gasteiger partial charge in [0.1, 0.15) is 5.52 Å². The molecule has 142 valence electrons. The molecule has 0 radical (unpaired) electrons. The number of carbonyl (C=O) groups is 1. The van der Waals surface area contributed by atoms with Crippen LogP contribution >= 0.6 is 0 Å². The molecule has 1 amide bonds. The van der Waals surface area contributed by atoms with E-state index in [-0.39, 0.29) is 23.0 Å². The highest BCUT2D eigenvalue weighted by Gasteiger charge is 2.16. The van der Waals surface area contributed by atoms with Crippen molar-refractivity contribution >= 4 is 22.7 Å². The van der Waals surface area contributed by atoms with Gasteiger partial charge in [-0.3, -0.25) is 4.79 Å². The van der Waals surface area contributed by atoms with Gasteiger partial charge >= 0.3 is 6.61 Å². The number of anilines is 1. The highest BCUT2D eigenvalue weighted by atomic mass is 19.3. The zero-order valence-corrected chi connectivity index (χ0v) is 15.0. The third kappa shape index (κ3) is 4.16. The maximum atomic E-state index is 12.5. The van der Waals surface area contributed by atoms with Crippen LogP contribution in [0.2, 0.25) is 0 Å². The number of ether oxygens (including phenoxy) is 2. The summed E-state index contributed by atoms with van der Waals surface area (Å²) in [6.07, 6.45) is 0. The molecule has 0 aliphatic carbocycles. The molecule has 1 aromatic heterocycles. The fraction of sp³-hybridized carbons (Fsp3) is 0.263. The lowest BCUT2D eigenvalue weighted by Gasteiger charge is -2.11. The Morgan fingerprint density at radius 3 is 2.59 bits per heavy atom. The number of hydrogen-bond donors (Lipinski definition) is 1. The first-order valence-electron chi connectivity index (χ1n) is 8.22. The number of aromatic nitrogens is 1. The van der Waals surface area contributed by atoms with Crippen LogP contribution in [-0.4, -0.2) is 24.6 Å². The highest BCUT2D eigenvalue weighted by molar-refractivity contribution is 6.05. The Morgan fingerprint density at radius 2 is 1.93 bits per heavy atom. The van der Waals surface area contributed by atoms with Crippen molar-refractivity contribution in [2.24, 2.45) is 0 Å².